The largest absolute Gasteiger partial charge is 0.344 e. The van der Waals surface area contributed by atoms with E-state index in [4.69, 9.17) is 0 Å². The van der Waals surface area contributed by atoms with Gasteiger partial charge in [0.15, 0.2) is 0 Å². The molecule has 0 aromatic heterocycles. The number of alkyl halides is 1. The van der Waals surface area contributed by atoms with E-state index in [0.717, 1.165) is 0 Å². The molecule has 3 N–H and O–H groups in total. The molecule has 0 heterocycles. The summed E-state index contributed by atoms with van der Waals surface area (Å²) in [6, 6.07) is 0. The van der Waals surface area contributed by atoms with Crippen LogP contribution in [-0.2, 0) is 0 Å². The minimum absolute atomic E-state index is 0. The molecule has 0 bridgehead atoms. The molecule has 0 saturated heterocycles. The van der Waals surface area contributed by atoms with Crippen LogP contribution in [0.2, 0.25) is 0 Å². The molecule has 0 radical (unpaired) electrons. The van der Waals surface area contributed by atoms with Crippen LogP contribution in [0.15, 0.2) is 0 Å². The van der Waals surface area contributed by atoms with Gasteiger partial charge in [0.2, 0.25) is 0 Å². The van der Waals surface area contributed by atoms with E-state index >= 15 is 0 Å². The molecular weight excluding hydrogens is 441 g/mol. The molecule has 27 heavy (non-hydrogen) atoms. The van der Waals surface area contributed by atoms with E-state index < -0.39 is 0 Å². The standard InChI is InChI=1S/C25H51I.H3N/c1-4-7-10-13-16-19-22-25(26,23-20-17-14-11-8-5-2)24-21-18-15-12-9-6-3;/h4-24H2,1-3H3;1H3. The van der Waals surface area contributed by atoms with Crippen LogP contribution in [-0.4, -0.2) is 3.42 Å². The van der Waals surface area contributed by atoms with Gasteiger partial charge in [0, 0.05) is 3.42 Å². The average molecular weight is 496 g/mol. The predicted octanol–water partition coefficient (Wildman–Crippen LogP) is 10.6. The number of rotatable bonds is 21. The molecule has 0 aliphatic carbocycles. The van der Waals surface area contributed by atoms with Gasteiger partial charge in [-0.2, -0.15) is 0 Å². The summed E-state index contributed by atoms with van der Waals surface area (Å²) in [5.74, 6) is 0. The highest BCUT2D eigenvalue weighted by atomic mass is 127. The average Bonchev–Trinajstić information content (AvgIpc) is 2.64. The zero-order valence-electron chi connectivity index (χ0n) is 19.4. The Balaban J connectivity index is 0. The van der Waals surface area contributed by atoms with Gasteiger partial charge >= 0.3 is 0 Å². The van der Waals surface area contributed by atoms with E-state index in [1.165, 1.54) is 135 Å². The summed E-state index contributed by atoms with van der Waals surface area (Å²) in [6.45, 7) is 6.95. The van der Waals surface area contributed by atoms with Crippen molar-refractivity contribution < 1.29 is 0 Å². The smallest absolute Gasteiger partial charge is 0.0222 e. The lowest BCUT2D eigenvalue weighted by Crippen LogP contribution is -2.20. The second kappa shape index (κ2) is 23.0. The predicted molar refractivity (Wildman–Crippen MR) is 136 cm³/mol. The molecule has 0 aromatic carbocycles. The number of hydrogen-bond donors (Lipinski definition) is 1. The van der Waals surface area contributed by atoms with Gasteiger partial charge < -0.3 is 6.15 Å². The van der Waals surface area contributed by atoms with Crippen molar-refractivity contribution in [2.45, 2.75) is 159 Å². The van der Waals surface area contributed by atoms with E-state index in [1.54, 1.807) is 0 Å². The Kier molecular flexibility index (Phi) is 25.4. The van der Waals surface area contributed by atoms with Crippen LogP contribution in [0.4, 0.5) is 0 Å². The minimum Gasteiger partial charge on any atom is -0.344 e. The lowest BCUT2D eigenvalue weighted by molar-refractivity contribution is 0.420. The Morgan fingerprint density at radius 3 is 0.889 bits per heavy atom. The van der Waals surface area contributed by atoms with Gasteiger partial charge in [-0.25, -0.2) is 0 Å². The van der Waals surface area contributed by atoms with E-state index in [1.807, 2.05) is 0 Å². The molecule has 0 atom stereocenters. The van der Waals surface area contributed by atoms with Gasteiger partial charge in [-0.3, -0.25) is 0 Å². The van der Waals surface area contributed by atoms with Gasteiger partial charge in [-0.1, -0.05) is 159 Å². The van der Waals surface area contributed by atoms with Gasteiger partial charge in [-0.05, 0) is 19.3 Å². The Morgan fingerprint density at radius 1 is 0.407 bits per heavy atom. The fourth-order valence-corrected chi connectivity index (χ4v) is 5.19. The summed E-state index contributed by atoms with van der Waals surface area (Å²) in [4.78, 5) is 0. The fraction of sp³-hybridized carbons (Fsp3) is 1.00. The lowest BCUT2D eigenvalue weighted by atomic mass is 9.89. The van der Waals surface area contributed by atoms with Crippen molar-refractivity contribution in [3.05, 3.63) is 0 Å². The topological polar surface area (TPSA) is 35.0 Å². The van der Waals surface area contributed by atoms with Crippen molar-refractivity contribution >= 4 is 22.6 Å². The van der Waals surface area contributed by atoms with E-state index in [-0.39, 0.29) is 6.15 Å². The van der Waals surface area contributed by atoms with E-state index in [9.17, 15) is 0 Å². The molecule has 0 spiro atoms. The maximum Gasteiger partial charge on any atom is 0.0222 e. The normalized spacial score (nSPS) is 11.6. The third-order valence-electron chi connectivity index (χ3n) is 5.94. The van der Waals surface area contributed by atoms with Crippen LogP contribution < -0.4 is 6.15 Å². The van der Waals surface area contributed by atoms with Crippen molar-refractivity contribution in [2.24, 2.45) is 0 Å². The van der Waals surface area contributed by atoms with Crippen molar-refractivity contribution in [1.29, 1.82) is 0 Å². The highest BCUT2D eigenvalue weighted by Crippen LogP contribution is 2.37. The van der Waals surface area contributed by atoms with Gasteiger partial charge in [0.05, 0.1) is 0 Å². The molecule has 0 aromatic rings. The van der Waals surface area contributed by atoms with Crippen molar-refractivity contribution in [3.63, 3.8) is 0 Å². The van der Waals surface area contributed by atoms with Gasteiger partial charge in [0.1, 0.15) is 0 Å². The van der Waals surface area contributed by atoms with Crippen LogP contribution in [0.25, 0.3) is 0 Å². The lowest BCUT2D eigenvalue weighted by Gasteiger charge is -2.28. The Labute approximate surface area is 187 Å². The SMILES string of the molecule is CCCCCCCCC(I)(CCCCCCCC)CCCCCCCC.N. The fourth-order valence-electron chi connectivity index (χ4n) is 4.04. The van der Waals surface area contributed by atoms with Crippen LogP contribution >= 0.6 is 22.6 Å². The summed E-state index contributed by atoms with van der Waals surface area (Å²) < 4.78 is 0.609. The molecule has 0 aliphatic heterocycles. The molecule has 166 valence electrons. The summed E-state index contributed by atoms with van der Waals surface area (Å²) in [6.07, 6.45) is 30.4. The monoisotopic (exact) mass is 495 g/mol. The van der Waals surface area contributed by atoms with Crippen LogP contribution in [0, 0.1) is 0 Å². The zero-order valence-corrected chi connectivity index (χ0v) is 21.6. The quantitative estimate of drug-likeness (QED) is 0.0959. The summed E-state index contributed by atoms with van der Waals surface area (Å²) in [7, 11) is 0. The first-order valence-electron chi connectivity index (χ1n) is 12.4. The highest BCUT2D eigenvalue weighted by molar-refractivity contribution is 14.1. The molecule has 0 fully saturated rings. The Hall–Kier alpha value is 0.690. The molecule has 0 aliphatic rings. The van der Waals surface area contributed by atoms with Crippen LogP contribution in [0.1, 0.15) is 156 Å². The van der Waals surface area contributed by atoms with Crippen molar-refractivity contribution in [3.8, 4) is 0 Å². The number of unbranched alkanes of at least 4 members (excludes halogenated alkanes) is 15. The third kappa shape index (κ3) is 21.2. The first-order valence-corrected chi connectivity index (χ1v) is 13.4. The van der Waals surface area contributed by atoms with E-state index in [2.05, 4.69) is 43.4 Å². The van der Waals surface area contributed by atoms with Gasteiger partial charge in [-0.15, -0.1) is 0 Å². The highest BCUT2D eigenvalue weighted by Gasteiger charge is 2.24. The van der Waals surface area contributed by atoms with Gasteiger partial charge in [0.25, 0.3) is 0 Å². The molecule has 0 saturated carbocycles. The Morgan fingerprint density at radius 2 is 0.630 bits per heavy atom. The van der Waals surface area contributed by atoms with Crippen molar-refractivity contribution in [1.82, 2.24) is 6.15 Å². The number of hydrogen-bond acceptors (Lipinski definition) is 1. The van der Waals surface area contributed by atoms with Crippen LogP contribution in [0.3, 0.4) is 0 Å². The van der Waals surface area contributed by atoms with Crippen LogP contribution in [0.5, 0.6) is 0 Å². The first kappa shape index (κ1) is 29.9. The van der Waals surface area contributed by atoms with Crippen molar-refractivity contribution in [2.75, 3.05) is 0 Å². The summed E-state index contributed by atoms with van der Waals surface area (Å²) >= 11 is 2.88. The zero-order chi connectivity index (χ0) is 19.3. The second-order valence-electron chi connectivity index (χ2n) is 8.70. The second-order valence-corrected chi connectivity index (χ2v) is 11.0. The minimum atomic E-state index is 0. The molecule has 1 nitrogen and oxygen atoms in total. The molecule has 0 amide bonds. The number of halogens is 1. The molecule has 2 heteroatoms. The Bertz CT molecular complexity index is 226. The molecule has 0 rings (SSSR count). The molecular formula is C25H54IN. The van der Waals surface area contributed by atoms with E-state index in [0.29, 0.717) is 3.42 Å². The maximum absolute atomic E-state index is 2.88. The summed E-state index contributed by atoms with van der Waals surface area (Å²) in [5.41, 5.74) is 0. The summed E-state index contributed by atoms with van der Waals surface area (Å²) in [5, 5.41) is 0. The maximum atomic E-state index is 2.88. The third-order valence-corrected chi connectivity index (χ3v) is 7.55. The first-order chi connectivity index (χ1) is 12.7. The molecule has 0 unspecified atom stereocenters.